The number of benzene rings is 2. The minimum absolute atomic E-state index is 0.0167. The van der Waals surface area contributed by atoms with Crippen LogP contribution in [0.5, 0.6) is 11.5 Å². The zero-order chi connectivity index (χ0) is 24.4. The molecule has 0 saturated carbocycles. The zero-order valence-corrected chi connectivity index (χ0v) is 19.8. The number of rotatable bonds is 6. The lowest BCUT2D eigenvalue weighted by molar-refractivity contribution is -0.274. The summed E-state index contributed by atoms with van der Waals surface area (Å²) >= 11 is 1.07. The molecule has 5 nitrogen and oxygen atoms in total. The van der Waals surface area contributed by atoms with Crippen molar-refractivity contribution in [1.29, 1.82) is 0 Å². The van der Waals surface area contributed by atoms with Crippen LogP contribution in [0.3, 0.4) is 0 Å². The summed E-state index contributed by atoms with van der Waals surface area (Å²) in [4.78, 5) is 17.8. The lowest BCUT2D eigenvalue weighted by Gasteiger charge is -2.21. The molecule has 0 aliphatic rings. The SMILES string of the molecule is Cc1cc(-n2ccnc(Sc3ccc(OC(F)(F)F)cc3)c2=O)cc(C)c1OCC(C)(C)C. The summed E-state index contributed by atoms with van der Waals surface area (Å²) in [5.74, 6) is 0.469. The van der Waals surface area contributed by atoms with Crippen molar-refractivity contribution in [1.82, 2.24) is 9.55 Å². The van der Waals surface area contributed by atoms with Crippen molar-refractivity contribution >= 4 is 11.8 Å². The largest absolute Gasteiger partial charge is 0.573 e. The third kappa shape index (κ3) is 6.77. The Labute approximate surface area is 194 Å². The molecule has 0 radical (unpaired) electrons. The van der Waals surface area contributed by atoms with Crippen molar-refractivity contribution in [2.45, 2.75) is 50.9 Å². The van der Waals surface area contributed by atoms with Gasteiger partial charge in [-0.25, -0.2) is 4.98 Å². The van der Waals surface area contributed by atoms with Crippen LogP contribution in [0.4, 0.5) is 13.2 Å². The highest BCUT2D eigenvalue weighted by molar-refractivity contribution is 7.99. The average molecular weight is 479 g/mol. The first kappa shape index (κ1) is 24.7. The molecule has 3 rings (SSSR count). The summed E-state index contributed by atoms with van der Waals surface area (Å²) in [7, 11) is 0. The lowest BCUT2D eigenvalue weighted by Crippen LogP contribution is -2.21. The molecule has 1 aromatic heterocycles. The number of alkyl halides is 3. The van der Waals surface area contributed by atoms with Crippen LogP contribution in [0.25, 0.3) is 5.69 Å². The number of nitrogens with zero attached hydrogens (tertiary/aromatic N) is 2. The van der Waals surface area contributed by atoms with Crippen LogP contribution in [-0.4, -0.2) is 22.5 Å². The molecule has 0 amide bonds. The average Bonchev–Trinajstić information content (AvgIpc) is 2.68. The van der Waals surface area contributed by atoms with E-state index in [1.165, 1.54) is 35.0 Å². The molecule has 9 heteroatoms. The smallest absolute Gasteiger partial charge is 0.492 e. The number of aryl methyl sites for hydroxylation is 2. The fourth-order valence-electron chi connectivity index (χ4n) is 3.07. The van der Waals surface area contributed by atoms with Gasteiger partial charge in [-0.2, -0.15) is 0 Å². The van der Waals surface area contributed by atoms with Gasteiger partial charge in [-0.05, 0) is 66.8 Å². The number of hydrogen-bond donors (Lipinski definition) is 0. The summed E-state index contributed by atoms with van der Waals surface area (Å²) in [6.07, 6.45) is -1.66. The fraction of sp³-hybridized carbons (Fsp3) is 0.333. The van der Waals surface area contributed by atoms with Gasteiger partial charge in [0.1, 0.15) is 11.5 Å². The monoisotopic (exact) mass is 478 g/mol. The van der Waals surface area contributed by atoms with Gasteiger partial charge < -0.3 is 9.47 Å². The third-order valence-corrected chi connectivity index (χ3v) is 5.44. The Hall–Kier alpha value is -2.94. The maximum Gasteiger partial charge on any atom is 0.573 e. The second kappa shape index (κ2) is 9.51. The number of halogens is 3. The summed E-state index contributed by atoms with van der Waals surface area (Å²) in [6.45, 7) is 10.7. The third-order valence-electron chi connectivity index (χ3n) is 4.45. The van der Waals surface area contributed by atoms with Crippen molar-refractivity contribution in [3.8, 4) is 17.2 Å². The van der Waals surface area contributed by atoms with Gasteiger partial charge in [-0.1, -0.05) is 32.5 Å². The molecule has 0 aliphatic carbocycles. The zero-order valence-electron chi connectivity index (χ0n) is 19.0. The van der Waals surface area contributed by atoms with Gasteiger partial charge in [0.15, 0.2) is 5.03 Å². The molecule has 1 heterocycles. The molecule has 0 fully saturated rings. The number of hydrogen-bond acceptors (Lipinski definition) is 5. The molecular weight excluding hydrogens is 453 g/mol. The summed E-state index contributed by atoms with van der Waals surface area (Å²) in [5.41, 5.74) is 2.18. The predicted molar refractivity (Wildman–Crippen MR) is 122 cm³/mol. The van der Waals surface area contributed by atoms with Crippen LogP contribution in [0, 0.1) is 19.3 Å². The maximum absolute atomic E-state index is 13.1. The van der Waals surface area contributed by atoms with E-state index in [2.05, 4.69) is 30.5 Å². The minimum atomic E-state index is -4.76. The van der Waals surface area contributed by atoms with Gasteiger partial charge in [-0.3, -0.25) is 9.36 Å². The van der Waals surface area contributed by atoms with Gasteiger partial charge in [0.05, 0.1) is 6.61 Å². The molecule has 0 unspecified atom stereocenters. The standard InChI is InChI=1S/C24H25F3N2O3S/c1-15-12-17(13-16(2)20(15)31-14-23(3,4)5)29-11-10-28-21(22(29)30)33-19-8-6-18(7-9-19)32-24(25,26)27/h6-13H,14H2,1-5H3. The first-order valence-electron chi connectivity index (χ1n) is 10.2. The molecule has 2 aromatic carbocycles. The molecule has 0 N–H and O–H groups in total. The van der Waals surface area contributed by atoms with Crippen molar-refractivity contribution in [2.75, 3.05) is 6.61 Å². The molecule has 0 saturated heterocycles. The lowest BCUT2D eigenvalue weighted by atomic mass is 9.98. The Morgan fingerprint density at radius 1 is 1.03 bits per heavy atom. The first-order valence-corrected chi connectivity index (χ1v) is 11.0. The predicted octanol–water partition coefficient (Wildman–Crippen LogP) is 6.32. The topological polar surface area (TPSA) is 53.4 Å². The quantitative estimate of drug-likeness (QED) is 0.415. The van der Waals surface area contributed by atoms with E-state index in [-0.39, 0.29) is 21.7 Å². The van der Waals surface area contributed by atoms with E-state index < -0.39 is 6.36 Å². The summed E-state index contributed by atoms with van der Waals surface area (Å²) in [6, 6.07) is 9.04. The van der Waals surface area contributed by atoms with Crippen LogP contribution < -0.4 is 15.0 Å². The molecule has 0 spiro atoms. The first-order chi connectivity index (χ1) is 15.3. The van der Waals surface area contributed by atoms with Crippen LogP contribution in [-0.2, 0) is 0 Å². The minimum Gasteiger partial charge on any atom is -0.492 e. The van der Waals surface area contributed by atoms with E-state index in [0.717, 1.165) is 28.6 Å². The van der Waals surface area contributed by atoms with Crippen molar-refractivity contribution < 1.29 is 22.6 Å². The molecule has 0 atom stereocenters. The van der Waals surface area contributed by atoms with Crippen LogP contribution in [0.15, 0.2) is 63.5 Å². The van der Waals surface area contributed by atoms with Crippen LogP contribution >= 0.6 is 11.8 Å². The van der Waals surface area contributed by atoms with Gasteiger partial charge in [0.25, 0.3) is 5.56 Å². The molecule has 0 aliphatic heterocycles. The number of aromatic nitrogens is 2. The fourth-order valence-corrected chi connectivity index (χ4v) is 3.87. The number of ether oxygens (including phenoxy) is 2. The molecule has 3 aromatic rings. The highest BCUT2D eigenvalue weighted by Crippen LogP contribution is 2.30. The summed E-state index contributed by atoms with van der Waals surface area (Å²) < 4.78 is 48.4. The van der Waals surface area contributed by atoms with Crippen molar-refractivity contribution in [3.05, 3.63) is 70.3 Å². The van der Waals surface area contributed by atoms with E-state index in [4.69, 9.17) is 4.74 Å². The van der Waals surface area contributed by atoms with Crippen molar-refractivity contribution in [3.63, 3.8) is 0 Å². The van der Waals surface area contributed by atoms with E-state index in [0.29, 0.717) is 17.2 Å². The van der Waals surface area contributed by atoms with Gasteiger partial charge in [-0.15, -0.1) is 13.2 Å². The normalized spacial score (nSPS) is 12.0. The Bertz CT molecular complexity index is 1160. The summed E-state index contributed by atoms with van der Waals surface area (Å²) in [5, 5.41) is 0.199. The Balaban J connectivity index is 1.85. The highest BCUT2D eigenvalue weighted by Gasteiger charge is 2.31. The Morgan fingerprint density at radius 2 is 1.64 bits per heavy atom. The van der Waals surface area contributed by atoms with Gasteiger partial charge in [0.2, 0.25) is 0 Å². The van der Waals surface area contributed by atoms with Crippen LogP contribution in [0.1, 0.15) is 31.9 Å². The molecule has 33 heavy (non-hydrogen) atoms. The van der Waals surface area contributed by atoms with E-state index >= 15 is 0 Å². The van der Waals surface area contributed by atoms with Crippen LogP contribution in [0.2, 0.25) is 0 Å². The molecule has 0 bridgehead atoms. The van der Waals surface area contributed by atoms with Gasteiger partial charge >= 0.3 is 6.36 Å². The molecular formula is C24H25F3N2O3S. The Kier molecular flexibility index (Phi) is 7.11. The van der Waals surface area contributed by atoms with E-state index in [1.54, 1.807) is 6.20 Å². The molecule has 176 valence electrons. The van der Waals surface area contributed by atoms with Crippen molar-refractivity contribution in [2.24, 2.45) is 5.41 Å². The highest BCUT2D eigenvalue weighted by atomic mass is 32.2. The maximum atomic E-state index is 13.1. The second-order valence-corrected chi connectivity index (χ2v) is 9.85. The van der Waals surface area contributed by atoms with E-state index in [1.807, 2.05) is 26.0 Å². The Morgan fingerprint density at radius 3 is 2.18 bits per heavy atom. The second-order valence-electron chi connectivity index (χ2n) is 8.79. The van der Waals surface area contributed by atoms with E-state index in [9.17, 15) is 18.0 Å². The van der Waals surface area contributed by atoms with Gasteiger partial charge in [0, 0.05) is 23.0 Å².